The van der Waals surface area contributed by atoms with Gasteiger partial charge in [0.15, 0.2) is 5.82 Å². The molecule has 0 saturated carbocycles. The molecule has 8 heteroatoms. The van der Waals surface area contributed by atoms with Crippen LogP contribution in [0.5, 0.6) is 5.75 Å². The molecular formula is C21H28N6O2. The number of anilines is 1. The molecule has 1 unspecified atom stereocenters. The van der Waals surface area contributed by atoms with E-state index in [2.05, 4.69) is 15.4 Å². The third-order valence-electron chi connectivity index (χ3n) is 4.90. The molecule has 154 valence electrons. The highest BCUT2D eigenvalue weighted by molar-refractivity contribution is 5.74. The van der Waals surface area contributed by atoms with Gasteiger partial charge in [0.1, 0.15) is 24.3 Å². The molecule has 0 aliphatic carbocycles. The van der Waals surface area contributed by atoms with E-state index in [1.54, 1.807) is 7.05 Å². The summed E-state index contributed by atoms with van der Waals surface area (Å²) in [5.41, 5.74) is 11.5. The molecule has 1 aromatic carbocycles. The number of ether oxygens (including phenoxy) is 1. The number of rotatable bonds is 7. The van der Waals surface area contributed by atoms with Crippen LogP contribution in [0.2, 0.25) is 0 Å². The van der Waals surface area contributed by atoms with Crippen LogP contribution in [0, 0.1) is 20.8 Å². The second kappa shape index (κ2) is 8.59. The van der Waals surface area contributed by atoms with E-state index in [4.69, 9.17) is 15.5 Å². The summed E-state index contributed by atoms with van der Waals surface area (Å²) >= 11 is 0. The van der Waals surface area contributed by atoms with Gasteiger partial charge in [-0.15, -0.1) is 0 Å². The zero-order chi connectivity index (χ0) is 21.1. The third-order valence-corrected chi connectivity index (χ3v) is 4.90. The first-order valence-electron chi connectivity index (χ1n) is 9.52. The Balaban J connectivity index is 1.98. The molecule has 0 aliphatic heterocycles. The summed E-state index contributed by atoms with van der Waals surface area (Å²) in [6.45, 7) is 6.55. The highest BCUT2D eigenvalue weighted by atomic mass is 16.5. The number of likely N-dealkylation sites (N-methyl/N-ethyl adjacent to an activating group) is 1. The molecule has 8 nitrogen and oxygen atoms in total. The first kappa shape index (κ1) is 20.8. The number of aliphatic hydroxyl groups is 1. The van der Waals surface area contributed by atoms with Crippen molar-refractivity contribution >= 4 is 5.82 Å². The summed E-state index contributed by atoms with van der Waals surface area (Å²) in [6.07, 6.45) is -0.585. The summed E-state index contributed by atoms with van der Waals surface area (Å²) in [5.74, 6) is 1.59. The Morgan fingerprint density at radius 2 is 2.00 bits per heavy atom. The first-order chi connectivity index (χ1) is 13.8. The van der Waals surface area contributed by atoms with E-state index in [9.17, 15) is 5.11 Å². The van der Waals surface area contributed by atoms with E-state index in [0.29, 0.717) is 23.9 Å². The van der Waals surface area contributed by atoms with Gasteiger partial charge in [-0.1, -0.05) is 12.1 Å². The molecule has 0 aliphatic rings. The van der Waals surface area contributed by atoms with Crippen LogP contribution in [0.25, 0.3) is 22.6 Å². The van der Waals surface area contributed by atoms with Crippen molar-refractivity contribution in [1.29, 1.82) is 0 Å². The Hall–Kier alpha value is -2.97. The third kappa shape index (κ3) is 4.38. The summed E-state index contributed by atoms with van der Waals surface area (Å²) in [4.78, 5) is 9.30. The number of hydrogen-bond acceptors (Lipinski definition) is 7. The molecule has 0 fully saturated rings. The van der Waals surface area contributed by atoms with Gasteiger partial charge in [-0.2, -0.15) is 5.10 Å². The van der Waals surface area contributed by atoms with E-state index >= 15 is 0 Å². The Morgan fingerprint density at radius 3 is 2.66 bits per heavy atom. The van der Waals surface area contributed by atoms with Gasteiger partial charge >= 0.3 is 0 Å². The number of aryl methyl sites for hydroxylation is 2. The van der Waals surface area contributed by atoms with Gasteiger partial charge in [0, 0.05) is 36.0 Å². The summed E-state index contributed by atoms with van der Waals surface area (Å²) < 4.78 is 7.54. The van der Waals surface area contributed by atoms with E-state index < -0.39 is 6.10 Å². The summed E-state index contributed by atoms with van der Waals surface area (Å²) in [5, 5.41) is 17.3. The fourth-order valence-corrected chi connectivity index (χ4v) is 3.23. The second-order valence-corrected chi connectivity index (χ2v) is 7.13. The molecule has 0 amide bonds. The van der Waals surface area contributed by atoms with Gasteiger partial charge in [0.25, 0.3) is 0 Å². The van der Waals surface area contributed by atoms with E-state index in [1.165, 1.54) is 0 Å². The molecule has 4 N–H and O–H groups in total. The molecule has 3 aromatic rings. The molecule has 29 heavy (non-hydrogen) atoms. The van der Waals surface area contributed by atoms with Crippen molar-refractivity contribution in [2.75, 3.05) is 25.9 Å². The lowest BCUT2D eigenvalue weighted by Gasteiger charge is -2.13. The maximum Gasteiger partial charge on any atom is 0.162 e. The van der Waals surface area contributed by atoms with Gasteiger partial charge < -0.3 is 20.9 Å². The van der Waals surface area contributed by atoms with E-state index in [1.807, 2.05) is 56.8 Å². The monoisotopic (exact) mass is 396 g/mol. The normalized spacial score (nSPS) is 12.2. The molecule has 3 rings (SSSR count). The smallest absolute Gasteiger partial charge is 0.162 e. The van der Waals surface area contributed by atoms with Crippen molar-refractivity contribution in [3.8, 4) is 28.4 Å². The van der Waals surface area contributed by atoms with Crippen LogP contribution < -0.4 is 15.8 Å². The molecule has 0 bridgehead atoms. The number of nitrogen functional groups attached to an aromatic ring is 1. The van der Waals surface area contributed by atoms with Crippen molar-refractivity contribution in [3.05, 3.63) is 41.2 Å². The van der Waals surface area contributed by atoms with Gasteiger partial charge in [-0.25, -0.2) is 9.97 Å². The molecule has 1 atom stereocenters. The average Bonchev–Trinajstić information content (AvgIpc) is 2.94. The van der Waals surface area contributed by atoms with Gasteiger partial charge in [-0.05, 0) is 40.0 Å². The maximum absolute atomic E-state index is 9.84. The minimum Gasteiger partial charge on any atom is -0.491 e. The molecule has 0 radical (unpaired) electrons. The highest BCUT2D eigenvalue weighted by Crippen LogP contribution is 2.32. The van der Waals surface area contributed by atoms with Crippen molar-refractivity contribution in [2.45, 2.75) is 26.9 Å². The van der Waals surface area contributed by atoms with Gasteiger partial charge in [0.05, 0.1) is 11.4 Å². The molecular weight excluding hydrogens is 368 g/mol. The highest BCUT2D eigenvalue weighted by Gasteiger charge is 2.19. The van der Waals surface area contributed by atoms with Gasteiger partial charge in [-0.3, -0.25) is 4.68 Å². The predicted molar refractivity (Wildman–Crippen MR) is 114 cm³/mol. The molecule has 0 saturated heterocycles. The zero-order valence-electron chi connectivity index (χ0n) is 17.5. The zero-order valence-corrected chi connectivity index (χ0v) is 17.5. The van der Waals surface area contributed by atoms with Crippen molar-refractivity contribution in [1.82, 2.24) is 25.1 Å². The lowest BCUT2D eigenvalue weighted by Crippen LogP contribution is -2.29. The van der Waals surface area contributed by atoms with Crippen LogP contribution >= 0.6 is 0 Å². The fourth-order valence-electron chi connectivity index (χ4n) is 3.23. The summed E-state index contributed by atoms with van der Waals surface area (Å²) in [7, 11) is 3.70. The van der Waals surface area contributed by atoms with E-state index in [-0.39, 0.29) is 6.61 Å². The van der Waals surface area contributed by atoms with E-state index in [0.717, 1.165) is 33.8 Å². The largest absolute Gasteiger partial charge is 0.491 e. The number of nitrogens with two attached hydrogens (primary N) is 1. The van der Waals surface area contributed by atoms with Crippen molar-refractivity contribution < 1.29 is 9.84 Å². The minimum atomic E-state index is -0.585. The number of aliphatic hydroxyl groups excluding tert-OH is 1. The van der Waals surface area contributed by atoms with Crippen molar-refractivity contribution in [3.63, 3.8) is 0 Å². The van der Waals surface area contributed by atoms with Crippen LogP contribution in [0.3, 0.4) is 0 Å². The fraction of sp³-hybridized carbons (Fsp3) is 0.381. The summed E-state index contributed by atoms with van der Waals surface area (Å²) in [6, 6.07) is 7.47. The predicted octanol–water partition coefficient (Wildman–Crippen LogP) is 2.01. The average molecular weight is 396 g/mol. The first-order valence-corrected chi connectivity index (χ1v) is 9.52. The standard InChI is InChI=1S/C21H28N6O2/c1-12-19(18-13(2)26-27(5)14(18)3)24-21(25-20(12)22)15-7-6-8-17(9-15)29-11-16(28)10-23-4/h6-9,16,23,28H,10-11H2,1-5H3,(H2,22,24,25). The van der Waals surface area contributed by atoms with Crippen LogP contribution in [-0.2, 0) is 7.05 Å². The Labute approximate surface area is 170 Å². The topological polar surface area (TPSA) is 111 Å². The van der Waals surface area contributed by atoms with Crippen molar-refractivity contribution in [2.24, 2.45) is 7.05 Å². The molecule has 0 spiro atoms. The quantitative estimate of drug-likeness (QED) is 0.560. The lowest BCUT2D eigenvalue weighted by molar-refractivity contribution is 0.108. The number of nitrogens with zero attached hydrogens (tertiary/aromatic N) is 4. The Morgan fingerprint density at radius 1 is 1.24 bits per heavy atom. The number of benzene rings is 1. The number of hydrogen-bond donors (Lipinski definition) is 3. The Bertz CT molecular complexity index is 1010. The number of nitrogens with one attached hydrogen (secondary N) is 1. The second-order valence-electron chi connectivity index (χ2n) is 7.13. The number of aromatic nitrogens is 4. The van der Waals surface area contributed by atoms with Crippen LogP contribution in [-0.4, -0.2) is 51.2 Å². The maximum atomic E-state index is 9.84. The van der Waals surface area contributed by atoms with Crippen LogP contribution in [0.15, 0.2) is 24.3 Å². The van der Waals surface area contributed by atoms with Crippen LogP contribution in [0.4, 0.5) is 5.82 Å². The van der Waals surface area contributed by atoms with Crippen LogP contribution in [0.1, 0.15) is 17.0 Å². The lowest BCUT2D eigenvalue weighted by atomic mass is 10.0. The molecule has 2 aromatic heterocycles. The molecule has 2 heterocycles. The Kier molecular flexibility index (Phi) is 6.14. The van der Waals surface area contributed by atoms with Gasteiger partial charge in [0.2, 0.25) is 0 Å². The SMILES string of the molecule is CNCC(O)COc1cccc(-c2nc(N)c(C)c(-c3c(C)nn(C)c3C)n2)c1. The minimum absolute atomic E-state index is 0.195.